The summed E-state index contributed by atoms with van der Waals surface area (Å²) < 4.78 is 0. The van der Waals surface area contributed by atoms with Crippen molar-refractivity contribution < 1.29 is 9.90 Å². The third-order valence-electron chi connectivity index (χ3n) is 3.10. The van der Waals surface area contributed by atoms with Gasteiger partial charge in [-0.25, -0.2) is 4.79 Å². The van der Waals surface area contributed by atoms with Crippen molar-refractivity contribution in [3.8, 4) is 0 Å². The average molecular weight is 251 g/mol. The minimum absolute atomic E-state index is 0.260. The summed E-state index contributed by atoms with van der Waals surface area (Å²) in [6.45, 7) is 0. The normalized spacial score (nSPS) is 16.9. The molecule has 3 N–H and O–H groups in total. The molecule has 1 aliphatic carbocycles. The molecule has 0 aliphatic heterocycles. The van der Waals surface area contributed by atoms with Gasteiger partial charge in [0.1, 0.15) is 0 Å². The highest BCUT2D eigenvalue weighted by Crippen LogP contribution is 2.36. The van der Waals surface area contributed by atoms with Gasteiger partial charge in [0.25, 0.3) is 0 Å². The second-order valence-electron chi connectivity index (χ2n) is 4.44. The van der Waals surface area contributed by atoms with Crippen LogP contribution in [0.4, 0.5) is 5.69 Å². The van der Waals surface area contributed by atoms with Gasteiger partial charge < -0.3 is 10.8 Å². The number of aromatic carboxylic acids is 1. The summed E-state index contributed by atoms with van der Waals surface area (Å²) in [5, 5.41) is 9.50. The molecular weight excluding hydrogens is 234 g/mol. The van der Waals surface area contributed by atoms with E-state index in [-0.39, 0.29) is 5.56 Å². The van der Waals surface area contributed by atoms with Crippen LogP contribution < -0.4 is 5.73 Å². The van der Waals surface area contributed by atoms with Gasteiger partial charge in [-0.15, -0.1) is 11.8 Å². The number of carbonyl (C=O) groups is 1. The van der Waals surface area contributed by atoms with Gasteiger partial charge >= 0.3 is 5.97 Å². The van der Waals surface area contributed by atoms with Crippen LogP contribution in [0.25, 0.3) is 0 Å². The Hall–Kier alpha value is -1.16. The molecule has 92 valence electrons. The molecule has 0 amide bonds. The number of carboxylic acids is 1. The number of rotatable bonds is 3. The molecule has 0 heterocycles. The smallest absolute Gasteiger partial charge is 0.335 e. The van der Waals surface area contributed by atoms with Crippen molar-refractivity contribution in [2.24, 2.45) is 0 Å². The maximum absolute atomic E-state index is 10.8. The Morgan fingerprint density at radius 2 is 2.00 bits per heavy atom. The van der Waals surface area contributed by atoms with Crippen molar-refractivity contribution in [1.82, 2.24) is 0 Å². The maximum Gasteiger partial charge on any atom is 0.335 e. The molecule has 1 aromatic rings. The fraction of sp³-hybridized carbons (Fsp3) is 0.462. The lowest BCUT2D eigenvalue weighted by atomic mass is 10.0. The van der Waals surface area contributed by atoms with Crippen molar-refractivity contribution in [2.75, 3.05) is 5.73 Å². The first-order valence-electron chi connectivity index (χ1n) is 5.96. The van der Waals surface area contributed by atoms with E-state index in [1.54, 1.807) is 23.9 Å². The van der Waals surface area contributed by atoms with E-state index < -0.39 is 5.97 Å². The van der Waals surface area contributed by atoms with Gasteiger partial charge in [0.2, 0.25) is 0 Å². The molecule has 1 saturated carbocycles. The van der Waals surface area contributed by atoms with E-state index in [4.69, 9.17) is 10.8 Å². The Morgan fingerprint density at radius 1 is 1.29 bits per heavy atom. The molecule has 0 unspecified atom stereocenters. The van der Waals surface area contributed by atoms with Crippen LogP contribution in [0, 0.1) is 0 Å². The van der Waals surface area contributed by atoms with Crippen LogP contribution in [0.15, 0.2) is 23.1 Å². The van der Waals surface area contributed by atoms with Crippen molar-refractivity contribution in [3.63, 3.8) is 0 Å². The van der Waals surface area contributed by atoms with Gasteiger partial charge in [-0.1, -0.05) is 19.3 Å². The Labute approximate surface area is 105 Å². The first-order valence-corrected chi connectivity index (χ1v) is 6.84. The molecule has 1 aliphatic rings. The highest BCUT2D eigenvalue weighted by molar-refractivity contribution is 8.00. The summed E-state index contributed by atoms with van der Waals surface area (Å²) in [6.07, 6.45) is 6.41. The molecule has 1 aromatic carbocycles. The number of nitrogens with two attached hydrogens (primary N) is 1. The number of nitrogen functional groups attached to an aromatic ring is 1. The van der Waals surface area contributed by atoms with Gasteiger partial charge in [0.15, 0.2) is 0 Å². The third-order valence-corrected chi connectivity index (χ3v) is 4.53. The lowest BCUT2D eigenvalue weighted by Crippen LogP contribution is -2.08. The quantitative estimate of drug-likeness (QED) is 0.808. The van der Waals surface area contributed by atoms with E-state index >= 15 is 0 Å². The maximum atomic E-state index is 10.8. The predicted molar refractivity (Wildman–Crippen MR) is 70.5 cm³/mol. The second-order valence-corrected chi connectivity index (χ2v) is 5.78. The topological polar surface area (TPSA) is 63.3 Å². The van der Waals surface area contributed by atoms with Crippen LogP contribution in [0.1, 0.15) is 42.5 Å². The van der Waals surface area contributed by atoms with Crippen molar-refractivity contribution >= 4 is 23.4 Å². The van der Waals surface area contributed by atoms with Gasteiger partial charge in [0, 0.05) is 15.8 Å². The van der Waals surface area contributed by atoms with Crippen LogP contribution in [-0.4, -0.2) is 16.3 Å². The molecule has 3 nitrogen and oxygen atoms in total. The molecule has 17 heavy (non-hydrogen) atoms. The van der Waals surface area contributed by atoms with Gasteiger partial charge in [-0.05, 0) is 31.0 Å². The molecule has 0 atom stereocenters. The molecule has 0 spiro atoms. The Kier molecular flexibility index (Phi) is 3.94. The average Bonchev–Trinajstić information content (AvgIpc) is 2.33. The molecule has 2 rings (SSSR count). The second kappa shape index (κ2) is 5.45. The predicted octanol–water partition coefficient (Wildman–Crippen LogP) is 3.39. The van der Waals surface area contributed by atoms with Crippen molar-refractivity contribution in [1.29, 1.82) is 0 Å². The van der Waals surface area contributed by atoms with Crippen LogP contribution in [-0.2, 0) is 0 Å². The SMILES string of the molecule is Nc1cc(C(=O)O)ccc1SC1CCCCC1. The van der Waals surface area contributed by atoms with Gasteiger partial charge in [-0.3, -0.25) is 0 Å². The summed E-state index contributed by atoms with van der Waals surface area (Å²) in [7, 11) is 0. The van der Waals surface area contributed by atoms with E-state index in [0.717, 1.165) is 4.90 Å². The Morgan fingerprint density at radius 3 is 2.59 bits per heavy atom. The molecular formula is C13H17NO2S. The Balaban J connectivity index is 2.08. The molecule has 0 aromatic heterocycles. The van der Waals surface area contributed by atoms with E-state index in [9.17, 15) is 4.79 Å². The van der Waals surface area contributed by atoms with E-state index in [0.29, 0.717) is 10.9 Å². The Bertz CT molecular complexity index is 414. The van der Waals surface area contributed by atoms with Crippen LogP contribution >= 0.6 is 11.8 Å². The highest BCUT2D eigenvalue weighted by Gasteiger charge is 2.16. The first-order chi connectivity index (χ1) is 8.16. The molecule has 0 bridgehead atoms. The number of anilines is 1. The molecule has 0 radical (unpaired) electrons. The minimum atomic E-state index is -0.925. The lowest BCUT2D eigenvalue weighted by molar-refractivity contribution is 0.0697. The zero-order valence-electron chi connectivity index (χ0n) is 9.69. The largest absolute Gasteiger partial charge is 0.478 e. The number of thioether (sulfide) groups is 1. The first kappa shape index (κ1) is 12.3. The van der Waals surface area contributed by atoms with Crippen LogP contribution in [0.2, 0.25) is 0 Å². The van der Waals surface area contributed by atoms with E-state index in [1.165, 1.54) is 32.1 Å². The standard InChI is InChI=1S/C13H17NO2S/c14-11-8-9(13(15)16)6-7-12(11)17-10-4-2-1-3-5-10/h6-8,10H,1-5,14H2,(H,15,16). The number of carboxylic acid groups (broad SMARTS) is 1. The van der Waals surface area contributed by atoms with Gasteiger partial charge in [0.05, 0.1) is 5.56 Å². The fourth-order valence-corrected chi connectivity index (χ4v) is 3.42. The molecule has 4 heteroatoms. The van der Waals surface area contributed by atoms with Crippen molar-refractivity contribution in [3.05, 3.63) is 23.8 Å². The summed E-state index contributed by atoms with van der Waals surface area (Å²) in [5.41, 5.74) is 6.74. The van der Waals surface area contributed by atoms with E-state index in [2.05, 4.69) is 0 Å². The molecule has 0 saturated heterocycles. The fourth-order valence-electron chi connectivity index (χ4n) is 2.15. The highest BCUT2D eigenvalue weighted by atomic mass is 32.2. The van der Waals surface area contributed by atoms with Crippen molar-refractivity contribution in [2.45, 2.75) is 42.2 Å². The third kappa shape index (κ3) is 3.16. The summed E-state index contributed by atoms with van der Waals surface area (Å²) >= 11 is 1.79. The monoisotopic (exact) mass is 251 g/mol. The minimum Gasteiger partial charge on any atom is -0.478 e. The number of benzene rings is 1. The zero-order valence-corrected chi connectivity index (χ0v) is 10.5. The van der Waals surface area contributed by atoms with Crippen LogP contribution in [0.3, 0.4) is 0 Å². The van der Waals surface area contributed by atoms with E-state index in [1.807, 2.05) is 6.07 Å². The summed E-state index contributed by atoms with van der Waals surface area (Å²) in [6, 6.07) is 5.01. The summed E-state index contributed by atoms with van der Waals surface area (Å²) in [4.78, 5) is 11.8. The molecule has 1 fully saturated rings. The number of hydrogen-bond donors (Lipinski definition) is 2. The lowest BCUT2D eigenvalue weighted by Gasteiger charge is -2.21. The van der Waals surface area contributed by atoms with Gasteiger partial charge in [-0.2, -0.15) is 0 Å². The zero-order chi connectivity index (χ0) is 12.3. The van der Waals surface area contributed by atoms with Crippen LogP contribution in [0.5, 0.6) is 0 Å². The number of hydrogen-bond acceptors (Lipinski definition) is 3. The summed E-state index contributed by atoms with van der Waals surface area (Å²) in [5.74, 6) is -0.925.